The predicted octanol–water partition coefficient (Wildman–Crippen LogP) is 0.899. The average Bonchev–Trinajstić information content (AvgIpc) is 2.36. The molecule has 3 N–H and O–H groups in total. The molecule has 0 spiro atoms. The summed E-state index contributed by atoms with van der Waals surface area (Å²) in [7, 11) is 0. The van der Waals surface area contributed by atoms with Gasteiger partial charge in [0, 0.05) is 6.04 Å². The van der Waals surface area contributed by atoms with Crippen LogP contribution >= 0.6 is 0 Å². The molecule has 0 saturated heterocycles. The van der Waals surface area contributed by atoms with Gasteiger partial charge >= 0.3 is 0 Å². The number of nitrogens with zero attached hydrogens (tertiary/aromatic N) is 1. The predicted molar refractivity (Wildman–Crippen MR) is 37.5 cm³/mol. The fourth-order valence-corrected chi connectivity index (χ4v) is 0.802. The summed E-state index contributed by atoms with van der Waals surface area (Å²) < 4.78 is 4.60. The van der Waals surface area contributed by atoms with Gasteiger partial charge in [-0.3, -0.25) is 0 Å². The van der Waals surface area contributed by atoms with Crippen LogP contribution in [0.25, 0.3) is 0 Å². The lowest BCUT2D eigenvalue weighted by Gasteiger charge is -2.02. The van der Waals surface area contributed by atoms with E-state index in [2.05, 4.69) is 4.42 Å². The Morgan fingerprint density at radius 1 is 1.82 bits per heavy atom. The lowest BCUT2D eigenvalue weighted by molar-refractivity contribution is 0.325. The fraction of sp³-hybridized carbons (Fsp3) is 0.286. The Balaban J connectivity index is 2.77. The minimum atomic E-state index is -0.459. The van der Waals surface area contributed by atoms with E-state index in [0.717, 1.165) is 0 Å². The molecule has 0 fully saturated rings. The van der Waals surface area contributed by atoms with Crippen LogP contribution in [0.3, 0.4) is 0 Å². The van der Waals surface area contributed by atoms with E-state index in [-0.39, 0.29) is 12.4 Å². The molecule has 1 rings (SSSR count). The first-order valence-corrected chi connectivity index (χ1v) is 3.14. The van der Waals surface area contributed by atoms with Crippen molar-refractivity contribution in [1.29, 1.82) is 5.26 Å². The monoisotopic (exact) mass is 152 g/mol. The van der Waals surface area contributed by atoms with Crippen LogP contribution in [-0.4, -0.2) is 5.11 Å². The first-order valence-electron chi connectivity index (χ1n) is 3.14. The molecule has 0 aromatic carbocycles. The summed E-state index contributed by atoms with van der Waals surface area (Å²) in [6.07, 6.45) is 1.51. The van der Waals surface area contributed by atoms with Crippen molar-refractivity contribution in [3.63, 3.8) is 0 Å². The quantitative estimate of drug-likeness (QED) is 0.659. The zero-order valence-corrected chi connectivity index (χ0v) is 5.82. The Bertz CT molecular complexity index is 274. The Kier molecular flexibility index (Phi) is 2.14. The van der Waals surface area contributed by atoms with E-state index in [1.54, 1.807) is 6.07 Å². The lowest BCUT2D eigenvalue weighted by Crippen LogP contribution is -2.07. The molecule has 0 radical (unpaired) electrons. The second-order valence-corrected chi connectivity index (χ2v) is 2.15. The first kappa shape index (κ1) is 7.63. The highest BCUT2D eigenvalue weighted by Gasteiger charge is 2.12. The van der Waals surface area contributed by atoms with Gasteiger partial charge in [-0.15, -0.1) is 0 Å². The van der Waals surface area contributed by atoms with E-state index in [4.69, 9.17) is 16.1 Å². The third-order valence-electron chi connectivity index (χ3n) is 1.38. The normalized spacial score (nSPS) is 12.4. The van der Waals surface area contributed by atoms with Crippen molar-refractivity contribution < 1.29 is 9.52 Å². The average molecular weight is 152 g/mol. The maximum absolute atomic E-state index is 8.99. The largest absolute Gasteiger partial charge is 0.480 e. The maximum Gasteiger partial charge on any atom is 0.286 e. The lowest BCUT2D eigenvalue weighted by atomic mass is 10.1. The van der Waals surface area contributed by atoms with Gasteiger partial charge in [0.1, 0.15) is 0 Å². The molecule has 1 aromatic heterocycles. The van der Waals surface area contributed by atoms with Gasteiger partial charge in [0.2, 0.25) is 0 Å². The van der Waals surface area contributed by atoms with Gasteiger partial charge < -0.3 is 15.3 Å². The molecule has 0 amide bonds. The topological polar surface area (TPSA) is 83.2 Å². The molecule has 58 valence electrons. The summed E-state index contributed by atoms with van der Waals surface area (Å²) in [4.78, 5) is 0. The number of nitriles is 1. The van der Waals surface area contributed by atoms with Gasteiger partial charge in [-0.2, -0.15) is 5.26 Å². The van der Waals surface area contributed by atoms with Crippen molar-refractivity contribution in [3.8, 4) is 12.0 Å². The van der Waals surface area contributed by atoms with Gasteiger partial charge in [-0.05, 0) is 6.07 Å². The van der Waals surface area contributed by atoms with Crippen molar-refractivity contribution in [2.45, 2.75) is 12.5 Å². The van der Waals surface area contributed by atoms with E-state index in [1.165, 1.54) is 6.26 Å². The Hall–Kier alpha value is -1.47. The van der Waals surface area contributed by atoms with Crippen LogP contribution in [0.1, 0.15) is 18.0 Å². The molecule has 0 aliphatic carbocycles. The molecule has 1 heterocycles. The van der Waals surface area contributed by atoms with Crippen LogP contribution in [0.5, 0.6) is 5.95 Å². The van der Waals surface area contributed by atoms with Crippen LogP contribution < -0.4 is 5.73 Å². The van der Waals surface area contributed by atoms with Crippen molar-refractivity contribution in [3.05, 3.63) is 17.9 Å². The van der Waals surface area contributed by atoms with E-state index in [9.17, 15) is 0 Å². The highest BCUT2D eigenvalue weighted by Crippen LogP contribution is 2.24. The number of aromatic hydroxyl groups is 1. The maximum atomic E-state index is 8.99. The molecule has 0 bridgehead atoms. The highest BCUT2D eigenvalue weighted by atomic mass is 16.5. The minimum Gasteiger partial charge on any atom is -0.480 e. The van der Waals surface area contributed by atoms with Crippen molar-refractivity contribution in [2.75, 3.05) is 0 Å². The number of nitrogens with two attached hydrogens (primary N) is 1. The standard InChI is InChI=1S/C7H8N2O2/c8-3-1-6(9)5-2-4-11-7(5)10/h2,4,6,10H,1,9H2. The summed E-state index contributed by atoms with van der Waals surface area (Å²) in [6, 6.07) is 3.00. The molecule has 0 aliphatic rings. The summed E-state index contributed by atoms with van der Waals surface area (Å²) in [6.45, 7) is 0. The van der Waals surface area contributed by atoms with Crippen LogP contribution in [0.4, 0.5) is 0 Å². The second kappa shape index (κ2) is 3.08. The van der Waals surface area contributed by atoms with E-state index < -0.39 is 6.04 Å². The molecule has 1 atom stereocenters. The van der Waals surface area contributed by atoms with E-state index in [0.29, 0.717) is 5.56 Å². The molecule has 1 aromatic rings. The molecule has 4 heteroatoms. The second-order valence-electron chi connectivity index (χ2n) is 2.15. The van der Waals surface area contributed by atoms with Gasteiger partial charge in [0.25, 0.3) is 5.95 Å². The van der Waals surface area contributed by atoms with Gasteiger partial charge in [0.05, 0.1) is 24.3 Å². The van der Waals surface area contributed by atoms with Crippen LogP contribution in [0.15, 0.2) is 16.7 Å². The van der Waals surface area contributed by atoms with E-state index in [1.807, 2.05) is 6.07 Å². The highest BCUT2D eigenvalue weighted by molar-refractivity contribution is 5.25. The number of hydrogen-bond donors (Lipinski definition) is 2. The third kappa shape index (κ3) is 1.51. The smallest absolute Gasteiger partial charge is 0.286 e. The van der Waals surface area contributed by atoms with E-state index >= 15 is 0 Å². The molecule has 0 saturated carbocycles. The summed E-state index contributed by atoms with van der Waals surface area (Å²) in [5, 5.41) is 17.3. The molecule has 0 aliphatic heterocycles. The zero-order valence-electron chi connectivity index (χ0n) is 5.82. The van der Waals surface area contributed by atoms with Crippen molar-refractivity contribution in [2.24, 2.45) is 5.73 Å². The van der Waals surface area contributed by atoms with Gasteiger partial charge in [0.15, 0.2) is 0 Å². The van der Waals surface area contributed by atoms with Crippen molar-refractivity contribution in [1.82, 2.24) is 0 Å². The van der Waals surface area contributed by atoms with Crippen LogP contribution in [0.2, 0.25) is 0 Å². The van der Waals surface area contributed by atoms with Crippen molar-refractivity contribution >= 4 is 0 Å². The Labute approximate surface area is 63.8 Å². The summed E-state index contributed by atoms with van der Waals surface area (Å²) >= 11 is 0. The summed E-state index contributed by atoms with van der Waals surface area (Å²) in [5.74, 6) is -0.201. The number of hydrogen-bond acceptors (Lipinski definition) is 4. The molecule has 4 nitrogen and oxygen atoms in total. The molecular weight excluding hydrogens is 144 g/mol. The number of furan rings is 1. The Morgan fingerprint density at radius 2 is 2.55 bits per heavy atom. The molecule has 1 unspecified atom stereocenters. The van der Waals surface area contributed by atoms with Crippen LogP contribution in [-0.2, 0) is 0 Å². The third-order valence-corrected chi connectivity index (χ3v) is 1.38. The summed E-state index contributed by atoms with van der Waals surface area (Å²) in [5.41, 5.74) is 5.99. The Morgan fingerprint density at radius 3 is 3.00 bits per heavy atom. The molecule has 11 heavy (non-hydrogen) atoms. The number of rotatable bonds is 2. The van der Waals surface area contributed by atoms with Crippen LogP contribution in [0, 0.1) is 11.3 Å². The molecular formula is C7H8N2O2. The minimum absolute atomic E-state index is 0.174. The zero-order chi connectivity index (χ0) is 8.27. The fourth-order valence-electron chi connectivity index (χ4n) is 0.802. The van der Waals surface area contributed by atoms with Gasteiger partial charge in [-0.1, -0.05) is 0 Å². The first-order chi connectivity index (χ1) is 5.25. The SMILES string of the molecule is N#CCC(N)c1ccoc1O. The van der Waals surface area contributed by atoms with Gasteiger partial charge in [-0.25, -0.2) is 0 Å².